The minimum Gasteiger partial charge on any atom is -0.462 e. The zero-order chi connectivity index (χ0) is 26.6. The number of sulfonamides is 1. The molecule has 196 valence electrons. The summed E-state index contributed by atoms with van der Waals surface area (Å²) in [5, 5.41) is 4.70. The van der Waals surface area contributed by atoms with E-state index in [1.807, 2.05) is 0 Å². The minimum absolute atomic E-state index is 0.0333. The third-order valence-electron chi connectivity index (χ3n) is 5.73. The van der Waals surface area contributed by atoms with Crippen molar-refractivity contribution >= 4 is 61.2 Å². The molecule has 1 aromatic carbocycles. The van der Waals surface area contributed by atoms with Crippen LogP contribution in [0, 0.1) is 5.92 Å². The maximum absolute atomic E-state index is 12.7. The fourth-order valence-electron chi connectivity index (χ4n) is 3.99. The van der Waals surface area contributed by atoms with Gasteiger partial charge >= 0.3 is 11.9 Å². The maximum atomic E-state index is 12.7. The molecular formula is C25H26N2O7S3. The highest BCUT2D eigenvalue weighted by Crippen LogP contribution is 2.40. The Morgan fingerprint density at radius 2 is 1.86 bits per heavy atom. The summed E-state index contributed by atoms with van der Waals surface area (Å²) in [5.41, 5.74) is 1.26. The molecule has 1 atom stereocenters. The van der Waals surface area contributed by atoms with Crippen LogP contribution in [0.1, 0.15) is 51.4 Å². The van der Waals surface area contributed by atoms with Crippen LogP contribution >= 0.6 is 22.7 Å². The smallest absolute Gasteiger partial charge is 0.341 e. The lowest BCUT2D eigenvalue weighted by molar-refractivity contribution is -0.119. The molecule has 0 unspecified atom stereocenters. The van der Waals surface area contributed by atoms with Gasteiger partial charge in [0.1, 0.15) is 9.21 Å². The molecule has 4 rings (SSSR count). The van der Waals surface area contributed by atoms with Crippen molar-refractivity contribution in [2.24, 2.45) is 5.92 Å². The van der Waals surface area contributed by atoms with Crippen LogP contribution in [-0.4, -0.2) is 39.5 Å². The largest absolute Gasteiger partial charge is 0.462 e. The standard InChI is InChI=1S/C25H26N2O7S3/c1-3-33-25(30)22-17-11-10-15(2)13-19(17)36-23(22)26-20(28)14-34-24(29)16-7-4-5-8-18(16)27-37(31,32)21-9-6-12-35-21/h4-9,12,15,27H,3,10-11,13-14H2,1-2H3,(H,26,28)/t15-/m1/s1. The lowest BCUT2D eigenvalue weighted by Crippen LogP contribution is -2.23. The first-order chi connectivity index (χ1) is 17.7. The van der Waals surface area contributed by atoms with Crippen LogP contribution in [-0.2, 0) is 37.1 Å². The second-order valence-corrected chi connectivity index (χ2v) is 12.4. The van der Waals surface area contributed by atoms with E-state index in [9.17, 15) is 22.8 Å². The van der Waals surface area contributed by atoms with Crippen LogP contribution in [0.2, 0.25) is 0 Å². The van der Waals surface area contributed by atoms with Gasteiger partial charge in [0.15, 0.2) is 6.61 Å². The molecule has 0 bridgehead atoms. The van der Waals surface area contributed by atoms with Gasteiger partial charge in [-0.25, -0.2) is 18.0 Å². The van der Waals surface area contributed by atoms with Gasteiger partial charge in [0.05, 0.1) is 23.4 Å². The molecule has 1 aliphatic rings. The molecule has 2 aromatic heterocycles. The first-order valence-corrected chi connectivity index (χ1v) is 14.8. The molecule has 0 spiro atoms. The van der Waals surface area contributed by atoms with Crippen LogP contribution < -0.4 is 10.0 Å². The van der Waals surface area contributed by atoms with E-state index < -0.39 is 34.5 Å². The van der Waals surface area contributed by atoms with E-state index in [0.29, 0.717) is 16.5 Å². The number of carbonyl (C=O) groups is 3. The van der Waals surface area contributed by atoms with Gasteiger partial charge in [-0.05, 0) is 61.2 Å². The van der Waals surface area contributed by atoms with Gasteiger partial charge in [-0.2, -0.15) is 0 Å². The van der Waals surface area contributed by atoms with Crippen molar-refractivity contribution in [2.75, 3.05) is 23.3 Å². The SMILES string of the molecule is CCOC(=O)c1c(NC(=O)COC(=O)c2ccccc2NS(=O)(=O)c2cccs2)sc2c1CC[C@@H](C)C2. The number of para-hydroxylation sites is 1. The fourth-order valence-corrected chi connectivity index (χ4v) is 7.48. The van der Waals surface area contributed by atoms with Gasteiger partial charge in [-0.1, -0.05) is 25.1 Å². The average molecular weight is 563 g/mol. The number of hydrogen-bond acceptors (Lipinski definition) is 9. The van der Waals surface area contributed by atoms with E-state index in [2.05, 4.69) is 17.0 Å². The Bertz CT molecular complexity index is 1410. The van der Waals surface area contributed by atoms with Gasteiger partial charge < -0.3 is 14.8 Å². The zero-order valence-electron chi connectivity index (χ0n) is 20.2. The molecule has 2 heterocycles. The summed E-state index contributed by atoms with van der Waals surface area (Å²) in [5.74, 6) is -1.51. The van der Waals surface area contributed by atoms with Crippen LogP contribution in [0.4, 0.5) is 10.7 Å². The maximum Gasteiger partial charge on any atom is 0.341 e. The highest BCUT2D eigenvalue weighted by atomic mass is 32.2. The number of anilines is 2. The van der Waals surface area contributed by atoms with Gasteiger partial charge in [0.25, 0.3) is 15.9 Å². The summed E-state index contributed by atoms with van der Waals surface area (Å²) in [6.45, 7) is 3.45. The molecule has 37 heavy (non-hydrogen) atoms. The second kappa shape index (κ2) is 11.4. The summed E-state index contributed by atoms with van der Waals surface area (Å²) in [6, 6.07) is 9.03. The number of fused-ring (bicyclic) bond motifs is 1. The Morgan fingerprint density at radius 3 is 2.59 bits per heavy atom. The predicted molar refractivity (Wildman–Crippen MR) is 142 cm³/mol. The van der Waals surface area contributed by atoms with Crippen molar-refractivity contribution in [1.29, 1.82) is 0 Å². The highest BCUT2D eigenvalue weighted by molar-refractivity contribution is 7.94. The van der Waals surface area contributed by atoms with Crippen molar-refractivity contribution in [2.45, 2.75) is 37.3 Å². The average Bonchev–Trinajstić information content (AvgIpc) is 3.51. The molecule has 0 fully saturated rings. The molecule has 0 saturated heterocycles. The third-order valence-corrected chi connectivity index (χ3v) is 9.66. The Kier molecular flexibility index (Phi) is 8.30. The van der Waals surface area contributed by atoms with Gasteiger partial charge in [0.2, 0.25) is 0 Å². The predicted octanol–water partition coefficient (Wildman–Crippen LogP) is 4.71. The first kappa shape index (κ1) is 26.8. The topological polar surface area (TPSA) is 128 Å². The van der Waals surface area contributed by atoms with Crippen molar-refractivity contribution in [1.82, 2.24) is 0 Å². The van der Waals surface area contributed by atoms with E-state index >= 15 is 0 Å². The van der Waals surface area contributed by atoms with Crippen molar-refractivity contribution in [3.8, 4) is 0 Å². The number of benzene rings is 1. The molecule has 0 radical (unpaired) electrons. The molecule has 1 aliphatic carbocycles. The normalized spacial score (nSPS) is 14.9. The Morgan fingerprint density at radius 1 is 1.08 bits per heavy atom. The van der Waals surface area contributed by atoms with Crippen LogP contribution in [0.25, 0.3) is 0 Å². The second-order valence-electron chi connectivity index (χ2n) is 8.48. The molecule has 2 N–H and O–H groups in total. The molecule has 3 aromatic rings. The monoisotopic (exact) mass is 562 g/mol. The summed E-state index contributed by atoms with van der Waals surface area (Å²) in [6.07, 6.45) is 2.48. The zero-order valence-corrected chi connectivity index (χ0v) is 22.7. The molecular weight excluding hydrogens is 536 g/mol. The summed E-state index contributed by atoms with van der Waals surface area (Å²) >= 11 is 2.38. The third kappa shape index (κ3) is 6.20. The van der Waals surface area contributed by atoms with E-state index in [1.54, 1.807) is 30.5 Å². The molecule has 0 saturated carbocycles. The van der Waals surface area contributed by atoms with Crippen molar-refractivity contribution < 1.29 is 32.3 Å². The summed E-state index contributed by atoms with van der Waals surface area (Å²) in [7, 11) is -3.88. The number of carbonyl (C=O) groups excluding carboxylic acids is 3. The highest BCUT2D eigenvalue weighted by Gasteiger charge is 2.29. The van der Waals surface area contributed by atoms with E-state index in [4.69, 9.17) is 9.47 Å². The van der Waals surface area contributed by atoms with Gasteiger partial charge in [-0.3, -0.25) is 9.52 Å². The minimum atomic E-state index is -3.88. The quantitative estimate of drug-likeness (QED) is 0.362. The molecule has 12 heteroatoms. The number of nitrogens with one attached hydrogen (secondary N) is 2. The van der Waals surface area contributed by atoms with Gasteiger partial charge in [0, 0.05) is 4.88 Å². The Hall–Kier alpha value is -3.22. The first-order valence-electron chi connectivity index (χ1n) is 11.6. The van der Waals surface area contributed by atoms with Crippen LogP contribution in [0.3, 0.4) is 0 Å². The number of thiophene rings is 2. The number of ether oxygens (including phenoxy) is 2. The molecule has 0 aliphatic heterocycles. The number of rotatable bonds is 9. The van der Waals surface area contributed by atoms with Gasteiger partial charge in [-0.15, -0.1) is 22.7 Å². The molecule has 1 amide bonds. The number of esters is 2. The molecule has 9 nitrogen and oxygen atoms in total. The lowest BCUT2D eigenvalue weighted by atomic mass is 9.88. The van der Waals surface area contributed by atoms with Crippen molar-refractivity contribution in [3.05, 3.63) is 63.3 Å². The Balaban J connectivity index is 1.45. The van der Waals surface area contributed by atoms with Crippen molar-refractivity contribution in [3.63, 3.8) is 0 Å². The van der Waals surface area contributed by atoms with E-state index in [1.165, 1.54) is 29.5 Å². The summed E-state index contributed by atoms with van der Waals surface area (Å²) < 4.78 is 38.1. The van der Waals surface area contributed by atoms with Crippen LogP contribution in [0.15, 0.2) is 46.0 Å². The summed E-state index contributed by atoms with van der Waals surface area (Å²) in [4.78, 5) is 39.1. The fraction of sp³-hybridized carbons (Fsp3) is 0.320. The lowest BCUT2D eigenvalue weighted by Gasteiger charge is -2.18. The number of hydrogen-bond donors (Lipinski definition) is 2. The number of amides is 1. The van der Waals surface area contributed by atoms with Crippen LogP contribution in [0.5, 0.6) is 0 Å². The van der Waals surface area contributed by atoms with E-state index in [-0.39, 0.29) is 22.1 Å². The Labute approximate surface area is 222 Å². The van der Waals surface area contributed by atoms with E-state index in [0.717, 1.165) is 41.0 Å².